The van der Waals surface area contributed by atoms with E-state index in [0.29, 0.717) is 44.6 Å². The van der Waals surface area contributed by atoms with Crippen molar-refractivity contribution in [3.63, 3.8) is 0 Å². The summed E-state index contributed by atoms with van der Waals surface area (Å²) in [6, 6.07) is 17.8. The highest BCUT2D eigenvalue weighted by Crippen LogP contribution is 2.29. The molecule has 3 aromatic carbocycles. The van der Waals surface area contributed by atoms with E-state index in [1.165, 1.54) is 14.2 Å². The molecule has 7 nitrogen and oxygen atoms in total. The van der Waals surface area contributed by atoms with E-state index in [-0.39, 0.29) is 5.91 Å². The topological polar surface area (TPSA) is 100 Å². The Hall–Kier alpha value is -4.02. The fourth-order valence-electron chi connectivity index (χ4n) is 2.77. The number of carbonyl (C=O) groups excluding carboxylic acids is 2. The zero-order valence-electron chi connectivity index (χ0n) is 16.7. The van der Waals surface area contributed by atoms with Gasteiger partial charge >= 0.3 is 0 Å². The van der Waals surface area contributed by atoms with Gasteiger partial charge in [0.05, 0.1) is 36.6 Å². The van der Waals surface area contributed by atoms with Gasteiger partial charge in [0.15, 0.2) is 11.5 Å². The number of hydrogen-bond acceptors (Lipinski definition) is 5. The van der Waals surface area contributed by atoms with Gasteiger partial charge in [-0.2, -0.15) is 5.26 Å². The highest BCUT2D eigenvalue weighted by atomic mass is 35.5. The van der Waals surface area contributed by atoms with Crippen molar-refractivity contribution in [3.8, 4) is 17.6 Å². The molecule has 0 unspecified atom stereocenters. The number of amides is 2. The number of nitriles is 1. The summed E-state index contributed by atoms with van der Waals surface area (Å²) >= 11 is 6.22. The van der Waals surface area contributed by atoms with Crippen LogP contribution in [0.3, 0.4) is 0 Å². The molecule has 2 amide bonds. The third-order valence-corrected chi connectivity index (χ3v) is 4.72. The monoisotopic (exact) mass is 435 g/mol. The highest BCUT2D eigenvalue weighted by Gasteiger charge is 2.14. The second kappa shape index (κ2) is 9.65. The van der Waals surface area contributed by atoms with Crippen LogP contribution in [-0.4, -0.2) is 26.0 Å². The molecule has 0 aliphatic carbocycles. The van der Waals surface area contributed by atoms with Crippen LogP contribution in [0.1, 0.15) is 26.3 Å². The first-order valence-corrected chi connectivity index (χ1v) is 9.47. The summed E-state index contributed by atoms with van der Waals surface area (Å²) in [7, 11) is 2.99. The van der Waals surface area contributed by atoms with Gasteiger partial charge in [0.1, 0.15) is 0 Å². The Balaban J connectivity index is 1.77. The third kappa shape index (κ3) is 5.13. The summed E-state index contributed by atoms with van der Waals surface area (Å²) in [4.78, 5) is 25.1. The lowest BCUT2D eigenvalue weighted by molar-refractivity contribution is 0.101. The molecule has 0 aliphatic heterocycles. The third-order valence-electron chi connectivity index (χ3n) is 4.39. The molecule has 0 spiro atoms. The molecule has 0 aromatic heterocycles. The molecular formula is C23H18ClN3O4. The molecule has 0 bridgehead atoms. The van der Waals surface area contributed by atoms with Gasteiger partial charge in [-0.05, 0) is 60.7 Å². The van der Waals surface area contributed by atoms with Gasteiger partial charge in [-0.3, -0.25) is 9.59 Å². The van der Waals surface area contributed by atoms with E-state index in [2.05, 4.69) is 10.6 Å². The van der Waals surface area contributed by atoms with E-state index in [0.717, 1.165) is 0 Å². The van der Waals surface area contributed by atoms with E-state index in [4.69, 9.17) is 26.3 Å². The van der Waals surface area contributed by atoms with Crippen LogP contribution >= 0.6 is 11.6 Å². The van der Waals surface area contributed by atoms with E-state index in [1.54, 1.807) is 60.7 Å². The Bertz CT molecular complexity index is 1170. The summed E-state index contributed by atoms with van der Waals surface area (Å²) in [6.45, 7) is 0. The maximum Gasteiger partial charge on any atom is 0.255 e. The van der Waals surface area contributed by atoms with Crippen molar-refractivity contribution < 1.29 is 19.1 Å². The molecule has 3 aromatic rings. The van der Waals surface area contributed by atoms with Crippen LogP contribution in [0.25, 0.3) is 0 Å². The minimum atomic E-state index is -0.404. The Kier molecular flexibility index (Phi) is 6.75. The van der Waals surface area contributed by atoms with Gasteiger partial charge < -0.3 is 20.1 Å². The van der Waals surface area contributed by atoms with Gasteiger partial charge in [0.2, 0.25) is 0 Å². The number of anilines is 2. The standard InChI is InChI=1S/C23H18ClN3O4/c1-30-20-10-7-16(11-21(20)31-2)23(29)27-19-12-17(8-9-18(19)24)26-22(28)15-5-3-14(13-25)4-6-15/h3-12H,1-2H3,(H,26,28)(H,27,29). The fourth-order valence-corrected chi connectivity index (χ4v) is 2.93. The Morgan fingerprint density at radius 2 is 1.48 bits per heavy atom. The molecule has 0 radical (unpaired) electrons. The molecule has 0 saturated carbocycles. The number of nitrogens with one attached hydrogen (secondary N) is 2. The van der Waals surface area contributed by atoms with Crippen molar-refractivity contribution in [3.05, 3.63) is 82.4 Å². The number of benzene rings is 3. The molecule has 0 atom stereocenters. The molecule has 0 heterocycles. The van der Waals surface area contributed by atoms with Crippen molar-refractivity contribution in [1.29, 1.82) is 5.26 Å². The van der Waals surface area contributed by atoms with Gasteiger partial charge in [0.25, 0.3) is 11.8 Å². The molecule has 0 aliphatic rings. The lowest BCUT2D eigenvalue weighted by atomic mass is 10.1. The van der Waals surface area contributed by atoms with Gasteiger partial charge in [-0.15, -0.1) is 0 Å². The molecule has 2 N–H and O–H groups in total. The van der Waals surface area contributed by atoms with Crippen molar-refractivity contribution in [2.24, 2.45) is 0 Å². The maximum absolute atomic E-state index is 12.7. The zero-order valence-corrected chi connectivity index (χ0v) is 17.5. The number of carbonyl (C=O) groups is 2. The summed E-state index contributed by atoms with van der Waals surface area (Å²) in [5.74, 6) is 0.164. The van der Waals surface area contributed by atoms with E-state index in [9.17, 15) is 9.59 Å². The molecule has 8 heteroatoms. The molecule has 3 rings (SSSR count). The summed E-state index contributed by atoms with van der Waals surface area (Å²) < 4.78 is 10.4. The van der Waals surface area contributed by atoms with Crippen LogP contribution in [0.2, 0.25) is 5.02 Å². The van der Waals surface area contributed by atoms with Crippen molar-refractivity contribution in [1.82, 2.24) is 0 Å². The van der Waals surface area contributed by atoms with E-state index >= 15 is 0 Å². The minimum Gasteiger partial charge on any atom is -0.493 e. The average molecular weight is 436 g/mol. The molecule has 0 saturated heterocycles. The average Bonchev–Trinajstić information content (AvgIpc) is 2.80. The Labute approximate surface area is 184 Å². The quantitative estimate of drug-likeness (QED) is 0.582. The first-order valence-electron chi connectivity index (χ1n) is 9.09. The maximum atomic E-state index is 12.7. The summed E-state index contributed by atoms with van der Waals surface area (Å²) in [6.07, 6.45) is 0. The summed E-state index contributed by atoms with van der Waals surface area (Å²) in [5, 5.41) is 14.6. The second-order valence-electron chi connectivity index (χ2n) is 6.36. The number of halogens is 1. The molecule has 0 fully saturated rings. The van der Waals surface area contributed by atoms with Crippen LogP contribution in [0.4, 0.5) is 11.4 Å². The first kappa shape index (κ1) is 21.7. The SMILES string of the molecule is COc1ccc(C(=O)Nc2cc(NC(=O)c3ccc(C#N)cc3)ccc2Cl)cc1OC. The largest absolute Gasteiger partial charge is 0.493 e. The van der Waals surface area contributed by atoms with Gasteiger partial charge in [-0.1, -0.05) is 11.6 Å². The lowest BCUT2D eigenvalue weighted by Gasteiger charge is -2.12. The smallest absolute Gasteiger partial charge is 0.255 e. The van der Waals surface area contributed by atoms with E-state index < -0.39 is 5.91 Å². The van der Waals surface area contributed by atoms with Crippen LogP contribution in [-0.2, 0) is 0 Å². The first-order chi connectivity index (χ1) is 14.9. The number of methoxy groups -OCH3 is 2. The van der Waals surface area contributed by atoms with Crippen LogP contribution in [0, 0.1) is 11.3 Å². The Morgan fingerprint density at radius 1 is 0.839 bits per heavy atom. The molecule has 156 valence electrons. The predicted octanol–water partition coefficient (Wildman–Crippen LogP) is 4.73. The minimum absolute atomic E-state index is 0.310. The molecule has 31 heavy (non-hydrogen) atoms. The number of hydrogen-bond donors (Lipinski definition) is 2. The van der Waals surface area contributed by atoms with Crippen LogP contribution in [0.5, 0.6) is 11.5 Å². The van der Waals surface area contributed by atoms with Crippen molar-refractivity contribution >= 4 is 34.8 Å². The highest BCUT2D eigenvalue weighted by molar-refractivity contribution is 6.34. The van der Waals surface area contributed by atoms with Crippen LogP contribution < -0.4 is 20.1 Å². The number of nitrogens with zero attached hydrogens (tertiary/aromatic N) is 1. The number of ether oxygens (including phenoxy) is 2. The lowest BCUT2D eigenvalue weighted by Crippen LogP contribution is -2.14. The summed E-state index contributed by atoms with van der Waals surface area (Å²) in [5.41, 5.74) is 1.98. The van der Waals surface area contributed by atoms with Crippen molar-refractivity contribution in [2.75, 3.05) is 24.9 Å². The molecular weight excluding hydrogens is 418 g/mol. The van der Waals surface area contributed by atoms with Gasteiger partial charge in [-0.25, -0.2) is 0 Å². The van der Waals surface area contributed by atoms with E-state index in [1.807, 2.05) is 6.07 Å². The zero-order chi connectivity index (χ0) is 22.4. The van der Waals surface area contributed by atoms with Gasteiger partial charge in [0, 0.05) is 16.8 Å². The Morgan fingerprint density at radius 3 is 2.13 bits per heavy atom. The fraction of sp³-hybridized carbons (Fsp3) is 0.0870. The second-order valence-corrected chi connectivity index (χ2v) is 6.77. The number of rotatable bonds is 6. The van der Waals surface area contributed by atoms with Crippen LogP contribution in [0.15, 0.2) is 60.7 Å². The van der Waals surface area contributed by atoms with Crippen molar-refractivity contribution in [2.45, 2.75) is 0 Å². The normalized spacial score (nSPS) is 10.0. The predicted molar refractivity (Wildman–Crippen MR) is 118 cm³/mol.